The van der Waals surface area contributed by atoms with Crippen LogP contribution in [-0.4, -0.2) is 19.1 Å². The number of halogens is 6. The fourth-order valence-corrected chi connectivity index (χ4v) is 1.04. The van der Waals surface area contributed by atoms with Gasteiger partial charge in [0.15, 0.2) is 0 Å². The van der Waals surface area contributed by atoms with Gasteiger partial charge >= 0.3 is 14.1 Å². The molecule has 0 aromatic carbocycles. The molecule has 0 spiro atoms. The summed E-state index contributed by atoms with van der Waals surface area (Å²) in [6.45, 7) is 1.97. The second-order valence-electron chi connectivity index (χ2n) is 2.82. The van der Waals surface area contributed by atoms with Gasteiger partial charge in [0.2, 0.25) is 0 Å². The van der Waals surface area contributed by atoms with E-state index in [0.29, 0.717) is 0 Å². The number of carbonyl (C=O) groups excluding carboxylic acids is 1. The molecule has 108 valence electrons. The topological polar surface area (TPSA) is 48.4 Å². The van der Waals surface area contributed by atoms with E-state index in [9.17, 15) is 4.79 Å². The number of rotatable bonds is 0. The number of alkyl halides is 6. The summed E-state index contributed by atoms with van der Waals surface area (Å²) >= 11 is 30.2. The average molecular weight is 390 g/mol. The van der Waals surface area contributed by atoms with E-state index >= 15 is 0 Å². The highest BCUT2D eigenvalue weighted by atomic mass is 35.6. The van der Waals surface area contributed by atoms with E-state index in [0.717, 1.165) is 5.69 Å². The molecule has 10 heteroatoms. The van der Waals surface area contributed by atoms with Crippen molar-refractivity contribution in [3.8, 4) is 0 Å². The van der Waals surface area contributed by atoms with Crippen molar-refractivity contribution in [1.29, 1.82) is 0 Å². The first-order valence-electron chi connectivity index (χ1n) is 4.42. The summed E-state index contributed by atoms with van der Waals surface area (Å²) in [5.41, 5.74) is 1.07. The van der Waals surface area contributed by atoms with Crippen LogP contribution < -0.4 is 0 Å². The Morgan fingerprint density at radius 2 is 1.53 bits per heavy atom. The maximum Gasteiger partial charge on any atom is 0.515 e. The van der Waals surface area contributed by atoms with Gasteiger partial charge in [-0.2, -0.15) is 0 Å². The van der Waals surface area contributed by atoms with Crippen LogP contribution in [0, 0.1) is 6.92 Å². The van der Waals surface area contributed by atoms with E-state index in [2.05, 4.69) is 14.5 Å². The fourth-order valence-electron chi connectivity index (χ4n) is 0.658. The molecule has 0 amide bonds. The average Bonchev–Trinajstić information content (AvgIpc) is 2.13. The number of ether oxygens (including phenoxy) is 2. The number of pyridine rings is 1. The summed E-state index contributed by atoms with van der Waals surface area (Å²) in [6.07, 6.45) is 0.380. The SMILES string of the molecule is Cc1ccccn1.O=C(OC(Cl)(Cl)Cl)OC(Cl)(Cl)Cl. The van der Waals surface area contributed by atoms with E-state index in [1.807, 2.05) is 25.1 Å². The van der Waals surface area contributed by atoms with Crippen molar-refractivity contribution >= 4 is 75.8 Å². The van der Waals surface area contributed by atoms with E-state index in [4.69, 9.17) is 69.6 Å². The minimum absolute atomic E-state index is 1.07. The lowest BCUT2D eigenvalue weighted by atomic mass is 10.4. The summed E-state index contributed by atoms with van der Waals surface area (Å²) in [7, 11) is 0. The normalized spacial score (nSPS) is 11.1. The molecule has 1 heterocycles. The van der Waals surface area contributed by atoms with E-state index in [1.54, 1.807) is 6.20 Å². The van der Waals surface area contributed by atoms with Gasteiger partial charge < -0.3 is 9.47 Å². The summed E-state index contributed by atoms with van der Waals surface area (Å²) in [6, 6.07) is 5.86. The van der Waals surface area contributed by atoms with Crippen molar-refractivity contribution in [3.05, 3.63) is 30.1 Å². The molecule has 0 radical (unpaired) electrons. The second kappa shape index (κ2) is 8.45. The molecule has 0 aliphatic rings. The summed E-state index contributed by atoms with van der Waals surface area (Å²) in [5.74, 6) is 0. The van der Waals surface area contributed by atoms with Crippen LogP contribution in [0.2, 0.25) is 0 Å². The summed E-state index contributed by atoms with van der Waals surface area (Å²) < 4.78 is 3.50. The highest BCUT2D eigenvalue weighted by molar-refractivity contribution is 6.67. The molecular weight excluding hydrogens is 383 g/mol. The Bertz CT molecular complexity index is 371. The Morgan fingerprint density at radius 1 is 1.05 bits per heavy atom. The quantitative estimate of drug-likeness (QED) is 0.453. The van der Waals surface area contributed by atoms with Gasteiger partial charge in [0.1, 0.15) is 0 Å². The molecule has 0 aliphatic carbocycles. The monoisotopic (exact) mass is 387 g/mol. The van der Waals surface area contributed by atoms with Gasteiger partial charge in [-0.3, -0.25) is 4.98 Å². The minimum Gasteiger partial charge on any atom is -0.382 e. The molecule has 0 N–H and O–H groups in total. The van der Waals surface area contributed by atoms with Crippen molar-refractivity contribution in [2.24, 2.45) is 0 Å². The zero-order chi connectivity index (χ0) is 15.1. The van der Waals surface area contributed by atoms with Crippen LogP contribution in [0.25, 0.3) is 0 Å². The molecule has 1 aromatic rings. The Kier molecular flexibility index (Phi) is 8.52. The summed E-state index contributed by atoms with van der Waals surface area (Å²) in [5, 5.41) is 0. The molecule has 0 unspecified atom stereocenters. The molecular formula is C9H7Cl6NO3. The van der Waals surface area contributed by atoms with Crippen molar-refractivity contribution in [1.82, 2.24) is 4.98 Å². The molecule has 0 atom stereocenters. The molecule has 19 heavy (non-hydrogen) atoms. The lowest BCUT2D eigenvalue weighted by Crippen LogP contribution is -2.22. The van der Waals surface area contributed by atoms with Gasteiger partial charge in [0.25, 0.3) is 0 Å². The largest absolute Gasteiger partial charge is 0.515 e. The number of aromatic nitrogens is 1. The molecule has 0 fully saturated rings. The second-order valence-corrected chi connectivity index (χ2v) is 7.17. The van der Waals surface area contributed by atoms with Crippen molar-refractivity contribution in [3.63, 3.8) is 0 Å². The van der Waals surface area contributed by atoms with E-state index < -0.39 is 14.1 Å². The first kappa shape index (κ1) is 19.2. The Morgan fingerprint density at radius 3 is 1.74 bits per heavy atom. The lowest BCUT2D eigenvalue weighted by molar-refractivity contribution is 0.0508. The number of carbonyl (C=O) groups is 1. The van der Waals surface area contributed by atoms with Crippen LogP contribution >= 0.6 is 69.6 Å². The van der Waals surface area contributed by atoms with Gasteiger partial charge in [-0.15, -0.1) is 0 Å². The Labute approximate surface area is 139 Å². The number of hydrogen-bond donors (Lipinski definition) is 0. The molecule has 0 aliphatic heterocycles. The molecule has 1 rings (SSSR count). The third-order valence-electron chi connectivity index (χ3n) is 1.21. The first-order chi connectivity index (χ1) is 8.49. The highest BCUT2D eigenvalue weighted by Crippen LogP contribution is 2.32. The van der Waals surface area contributed by atoms with Crippen molar-refractivity contribution in [2.75, 3.05) is 0 Å². The summed E-state index contributed by atoms with van der Waals surface area (Å²) in [4.78, 5) is 14.5. The van der Waals surface area contributed by atoms with Crippen molar-refractivity contribution in [2.45, 2.75) is 14.9 Å². The standard InChI is InChI=1S/C6H7N.C3Cl6O3/c1-6-4-2-3-5-7-6;4-2(5,6)11-1(10)12-3(7,8)9/h2-5H,1H3;. The smallest absolute Gasteiger partial charge is 0.382 e. The van der Waals surface area contributed by atoms with Crippen LogP contribution in [0.4, 0.5) is 4.79 Å². The van der Waals surface area contributed by atoms with Crippen LogP contribution in [0.15, 0.2) is 24.4 Å². The zero-order valence-electron chi connectivity index (χ0n) is 9.25. The number of hydrogen-bond acceptors (Lipinski definition) is 4. The number of nitrogens with zero attached hydrogens (tertiary/aromatic N) is 1. The molecule has 0 saturated carbocycles. The molecule has 0 saturated heterocycles. The van der Waals surface area contributed by atoms with Crippen molar-refractivity contribution < 1.29 is 14.3 Å². The maximum absolute atomic E-state index is 10.5. The van der Waals surface area contributed by atoms with Gasteiger partial charge in [-0.25, -0.2) is 4.79 Å². The third kappa shape index (κ3) is 14.4. The third-order valence-corrected chi connectivity index (χ3v) is 1.67. The van der Waals surface area contributed by atoms with Gasteiger partial charge in [0, 0.05) is 11.9 Å². The van der Waals surface area contributed by atoms with E-state index in [1.165, 1.54) is 0 Å². The highest BCUT2D eigenvalue weighted by Gasteiger charge is 2.32. The van der Waals surface area contributed by atoms with Gasteiger partial charge in [-0.1, -0.05) is 6.07 Å². The molecule has 4 nitrogen and oxygen atoms in total. The molecule has 0 bridgehead atoms. The zero-order valence-corrected chi connectivity index (χ0v) is 13.8. The fraction of sp³-hybridized carbons (Fsp3) is 0.333. The predicted molar refractivity (Wildman–Crippen MR) is 77.1 cm³/mol. The van der Waals surface area contributed by atoms with Crippen LogP contribution in [0.3, 0.4) is 0 Å². The van der Waals surface area contributed by atoms with Gasteiger partial charge in [0.05, 0.1) is 0 Å². The van der Waals surface area contributed by atoms with Crippen LogP contribution in [0.5, 0.6) is 0 Å². The lowest BCUT2D eigenvalue weighted by Gasteiger charge is -2.15. The van der Waals surface area contributed by atoms with E-state index in [-0.39, 0.29) is 0 Å². The molecule has 1 aromatic heterocycles. The minimum atomic E-state index is -2.24. The predicted octanol–water partition coefficient (Wildman–Crippen LogP) is 5.19. The van der Waals surface area contributed by atoms with Crippen LogP contribution in [0.1, 0.15) is 5.69 Å². The van der Waals surface area contributed by atoms with Gasteiger partial charge in [-0.05, 0) is 88.7 Å². The Hall–Kier alpha value is 0.160. The first-order valence-corrected chi connectivity index (χ1v) is 6.69. The van der Waals surface area contributed by atoms with Crippen LogP contribution in [-0.2, 0) is 9.47 Å². The number of aryl methyl sites for hydroxylation is 1. The maximum atomic E-state index is 10.5. The Balaban J connectivity index is 0.000000388.